The number of ether oxygens (including phenoxy) is 1. The number of aryl methyl sites for hydroxylation is 1. The summed E-state index contributed by atoms with van der Waals surface area (Å²) in [5.74, 6) is -0.715. The monoisotopic (exact) mass is 404 g/mol. The molecule has 2 aromatic carbocycles. The lowest BCUT2D eigenvalue weighted by molar-refractivity contribution is -0.145. The van der Waals surface area contributed by atoms with Crippen molar-refractivity contribution in [1.29, 1.82) is 0 Å². The number of esters is 1. The van der Waals surface area contributed by atoms with Gasteiger partial charge in [-0.2, -0.15) is 0 Å². The van der Waals surface area contributed by atoms with Crippen LogP contribution >= 0.6 is 0 Å². The molecule has 6 heteroatoms. The van der Waals surface area contributed by atoms with Gasteiger partial charge in [0.1, 0.15) is 6.10 Å². The molecule has 2 bridgehead atoms. The summed E-state index contributed by atoms with van der Waals surface area (Å²) in [4.78, 5) is 37.6. The fraction of sp³-hybridized carbons (Fsp3) is 0.375. The molecule has 5 atom stereocenters. The van der Waals surface area contributed by atoms with E-state index in [4.69, 9.17) is 4.74 Å². The number of rotatable bonds is 5. The van der Waals surface area contributed by atoms with Crippen LogP contribution < -0.4 is 10.6 Å². The van der Waals surface area contributed by atoms with Gasteiger partial charge in [-0.05, 0) is 61.1 Å². The first kappa shape index (κ1) is 18.9. The largest absolute Gasteiger partial charge is 0.462 e. The van der Waals surface area contributed by atoms with Gasteiger partial charge in [0.05, 0.1) is 11.8 Å². The molecule has 2 aliphatic carbocycles. The molecule has 1 heterocycles. The van der Waals surface area contributed by atoms with Gasteiger partial charge in [0.2, 0.25) is 5.91 Å². The molecular formula is C24H24N2O4. The molecule has 2 saturated carbocycles. The molecule has 0 unspecified atom stereocenters. The van der Waals surface area contributed by atoms with Gasteiger partial charge in [-0.1, -0.05) is 25.1 Å². The van der Waals surface area contributed by atoms with Crippen molar-refractivity contribution in [2.24, 2.45) is 23.7 Å². The standard InChI is InChI=1S/C24H24N2O4/c1-2-13-5-3-4-6-18(13)26-22(27)14-7-9-16(10-8-14)25-23(28)20-15-11-17-19(12-15)30-24(29)21(17)20/h3-10,15,17,19-21H,2,11-12H2,1H3,(H,25,28)(H,26,27)/t15-,17+,19+,20-,21+/m1/s1. The molecule has 0 spiro atoms. The van der Waals surface area contributed by atoms with Crippen molar-refractivity contribution >= 4 is 29.2 Å². The Morgan fingerprint density at radius 1 is 1.03 bits per heavy atom. The maximum atomic E-state index is 12.9. The highest BCUT2D eigenvalue weighted by molar-refractivity contribution is 6.05. The number of hydrogen-bond acceptors (Lipinski definition) is 4. The molecule has 3 fully saturated rings. The van der Waals surface area contributed by atoms with Crippen molar-refractivity contribution in [2.75, 3.05) is 10.6 Å². The van der Waals surface area contributed by atoms with E-state index in [0.717, 1.165) is 30.5 Å². The maximum Gasteiger partial charge on any atom is 0.310 e. The fourth-order valence-corrected chi connectivity index (χ4v) is 5.44. The molecule has 0 aromatic heterocycles. The topological polar surface area (TPSA) is 84.5 Å². The molecule has 3 aliphatic rings. The van der Waals surface area contributed by atoms with Crippen molar-refractivity contribution < 1.29 is 19.1 Å². The van der Waals surface area contributed by atoms with Crippen molar-refractivity contribution in [3.8, 4) is 0 Å². The third-order valence-corrected chi connectivity index (χ3v) is 6.85. The summed E-state index contributed by atoms with van der Waals surface area (Å²) in [5.41, 5.74) is 3.02. The second-order valence-electron chi connectivity index (χ2n) is 8.45. The number of carbonyl (C=O) groups excluding carboxylic acids is 3. The molecule has 30 heavy (non-hydrogen) atoms. The maximum absolute atomic E-state index is 12.9. The van der Waals surface area contributed by atoms with Crippen LogP contribution in [0.25, 0.3) is 0 Å². The highest BCUT2D eigenvalue weighted by atomic mass is 16.6. The fourth-order valence-electron chi connectivity index (χ4n) is 5.44. The number of para-hydroxylation sites is 1. The minimum absolute atomic E-state index is 0.0205. The van der Waals surface area contributed by atoms with Crippen molar-refractivity contribution in [3.63, 3.8) is 0 Å². The summed E-state index contributed by atoms with van der Waals surface area (Å²) in [6, 6.07) is 14.6. The van der Waals surface area contributed by atoms with Gasteiger partial charge >= 0.3 is 5.97 Å². The summed E-state index contributed by atoms with van der Waals surface area (Å²) in [5, 5.41) is 5.87. The van der Waals surface area contributed by atoms with Crippen LogP contribution in [-0.4, -0.2) is 23.9 Å². The van der Waals surface area contributed by atoms with E-state index in [9.17, 15) is 14.4 Å². The van der Waals surface area contributed by atoms with Crippen LogP contribution in [0.1, 0.15) is 35.7 Å². The minimum Gasteiger partial charge on any atom is -0.462 e. The number of amides is 2. The van der Waals surface area contributed by atoms with Crippen LogP contribution in [0.3, 0.4) is 0 Å². The Bertz CT molecular complexity index is 1010. The Kier molecular flexibility index (Phi) is 4.57. The molecule has 1 saturated heterocycles. The SMILES string of the molecule is CCc1ccccc1NC(=O)c1ccc(NC(=O)[C@@H]2[C@@H]3C[C@@H]4[C@@H]2C(=O)O[C@H]4C3)cc1. The van der Waals surface area contributed by atoms with Gasteiger partial charge in [0.15, 0.2) is 0 Å². The first-order valence-corrected chi connectivity index (χ1v) is 10.6. The zero-order valence-electron chi connectivity index (χ0n) is 16.8. The van der Waals surface area contributed by atoms with Gasteiger partial charge in [0.25, 0.3) is 5.91 Å². The van der Waals surface area contributed by atoms with Crippen LogP contribution in [0.5, 0.6) is 0 Å². The average molecular weight is 404 g/mol. The summed E-state index contributed by atoms with van der Waals surface area (Å²) in [6.07, 6.45) is 2.55. The van der Waals surface area contributed by atoms with E-state index >= 15 is 0 Å². The van der Waals surface area contributed by atoms with E-state index in [0.29, 0.717) is 11.3 Å². The van der Waals surface area contributed by atoms with Crippen molar-refractivity contribution in [1.82, 2.24) is 0 Å². The quantitative estimate of drug-likeness (QED) is 0.745. The molecule has 1 aliphatic heterocycles. The van der Waals surface area contributed by atoms with Gasteiger partial charge in [-0.3, -0.25) is 14.4 Å². The predicted molar refractivity (Wildman–Crippen MR) is 112 cm³/mol. The predicted octanol–water partition coefficient (Wildman–Crippen LogP) is 3.64. The third kappa shape index (κ3) is 3.07. The number of fused-ring (bicyclic) bond motifs is 1. The van der Waals surface area contributed by atoms with E-state index in [1.807, 2.05) is 31.2 Å². The third-order valence-electron chi connectivity index (χ3n) is 6.85. The van der Waals surface area contributed by atoms with Gasteiger partial charge < -0.3 is 15.4 Å². The van der Waals surface area contributed by atoms with Crippen LogP contribution in [0.15, 0.2) is 48.5 Å². The lowest BCUT2D eigenvalue weighted by atomic mass is 9.79. The molecule has 2 aromatic rings. The number of benzene rings is 2. The van der Waals surface area contributed by atoms with Crippen molar-refractivity contribution in [2.45, 2.75) is 32.3 Å². The van der Waals surface area contributed by atoms with Gasteiger partial charge in [-0.15, -0.1) is 0 Å². The number of carbonyl (C=O) groups is 3. The number of anilines is 2. The summed E-state index contributed by atoms with van der Waals surface area (Å²) < 4.78 is 5.41. The lowest BCUT2D eigenvalue weighted by Crippen LogP contribution is -2.35. The van der Waals surface area contributed by atoms with Gasteiger partial charge in [0, 0.05) is 22.9 Å². The number of hydrogen-bond donors (Lipinski definition) is 2. The average Bonchev–Trinajstić information content (AvgIpc) is 3.37. The molecule has 0 radical (unpaired) electrons. The zero-order chi connectivity index (χ0) is 20.8. The second kappa shape index (κ2) is 7.27. The Morgan fingerprint density at radius 3 is 2.57 bits per heavy atom. The summed E-state index contributed by atoms with van der Waals surface area (Å²) in [7, 11) is 0. The van der Waals surface area contributed by atoms with E-state index in [1.165, 1.54) is 0 Å². The molecule has 154 valence electrons. The van der Waals surface area contributed by atoms with Crippen molar-refractivity contribution in [3.05, 3.63) is 59.7 Å². The minimum atomic E-state index is -0.310. The smallest absolute Gasteiger partial charge is 0.310 e. The van der Waals surface area contributed by atoms with Crippen LogP contribution in [-0.2, 0) is 20.7 Å². The summed E-state index contributed by atoms with van der Waals surface area (Å²) >= 11 is 0. The molecule has 2 N–H and O–H groups in total. The summed E-state index contributed by atoms with van der Waals surface area (Å²) in [6.45, 7) is 2.05. The lowest BCUT2D eigenvalue weighted by Gasteiger charge is -2.23. The first-order chi connectivity index (χ1) is 14.5. The van der Waals surface area contributed by atoms with Crippen LogP contribution in [0.2, 0.25) is 0 Å². The molecule has 6 nitrogen and oxygen atoms in total. The Balaban J connectivity index is 1.25. The Hall–Kier alpha value is -3.15. The Labute approximate surface area is 175 Å². The van der Waals surface area contributed by atoms with E-state index in [2.05, 4.69) is 10.6 Å². The highest BCUT2D eigenvalue weighted by Crippen LogP contribution is 2.57. The van der Waals surface area contributed by atoms with E-state index in [-0.39, 0.29) is 47.6 Å². The van der Waals surface area contributed by atoms with Crippen LogP contribution in [0.4, 0.5) is 11.4 Å². The van der Waals surface area contributed by atoms with Gasteiger partial charge in [-0.25, -0.2) is 0 Å². The van der Waals surface area contributed by atoms with E-state index in [1.54, 1.807) is 24.3 Å². The molecular weight excluding hydrogens is 380 g/mol. The zero-order valence-corrected chi connectivity index (χ0v) is 16.8. The van der Waals surface area contributed by atoms with E-state index < -0.39 is 0 Å². The molecule has 5 rings (SSSR count). The highest BCUT2D eigenvalue weighted by Gasteiger charge is 2.63. The first-order valence-electron chi connectivity index (χ1n) is 10.6. The Morgan fingerprint density at radius 2 is 1.80 bits per heavy atom. The van der Waals surface area contributed by atoms with Crippen LogP contribution in [0, 0.1) is 23.7 Å². The number of nitrogens with one attached hydrogen (secondary N) is 2. The molecule has 2 amide bonds. The normalized spacial score (nSPS) is 28.3. The second-order valence-corrected chi connectivity index (χ2v) is 8.45.